The van der Waals surface area contributed by atoms with Gasteiger partial charge in [0.05, 0.1) is 12.1 Å². The SMILES string of the molecule is Cc1noc(C)c1CC(=O)N1C2CCC1CC(Cc1cccc3ccncc13)C2. The van der Waals surface area contributed by atoms with Gasteiger partial charge in [-0.05, 0) is 68.9 Å². The van der Waals surface area contributed by atoms with Crippen molar-refractivity contribution in [3.05, 3.63) is 59.2 Å². The molecule has 0 saturated carbocycles. The lowest BCUT2D eigenvalue weighted by molar-refractivity contribution is -0.135. The Morgan fingerprint density at radius 2 is 1.97 bits per heavy atom. The van der Waals surface area contributed by atoms with Gasteiger partial charge in [0.2, 0.25) is 5.91 Å². The summed E-state index contributed by atoms with van der Waals surface area (Å²) >= 11 is 0. The van der Waals surface area contributed by atoms with Gasteiger partial charge in [-0.15, -0.1) is 0 Å². The Kier molecular flexibility index (Phi) is 4.61. The molecule has 0 spiro atoms. The maximum absolute atomic E-state index is 13.1. The van der Waals surface area contributed by atoms with Crippen molar-refractivity contribution >= 4 is 16.7 Å². The molecule has 2 unspecified atom stereocenters. The molecule has 2 bridgehead atoms. The van der Waals surface area contributed by atoms with Crippen molar-refractivity contribution in [2.45, 2.75) is 64.5 Å². The Hall–Kier alpha value is -2.69. The van der Waals surface area contributed by atoms with Crippen LogP contribution in [0.1, 0.15) is 48.3 Å². The number of benzene rings is 1. The van der Waals surface area contributed by atoms with Gasteiger partial charge in [0.25, 0.3) is 0 Å². The number of piperidine rings is 1. The highest BCUT2D eigenvalue weighted by Crippen LogP contribution is 2.41. The van der Waals surface area contributed by atoms with E-state index in [0.717, 1.165) is 49.1 Å². The van der Waals surface area contributed by atoms with Crippen molar-refractivity contribution in [2.24, 2.45) is 5.92 Å². The highest BCUT2D eigenvalue weighted by atomic mass is 16.5. The largest absolute Gasteiger partial charge is 0.361 e. The van der Waals surface area contributed by atoms with Crippen molar-refractivity contribution in [3.63, 3.8) is 0 Å². The summed E-state index contributed by atoms with van der Waals surface area (Å²) in [5.41, 5.74) is 3.18. The van der Waals surface area contributed by atoms with Gasteiger partial charge in [0.15, 0.2) is 0 Å². The molecule has 2 saturated heterocycles. The first-order chi connectivity index (χ1) is 14.1. The van der Waals surface area contributed by atoms with Crippen LogP contribution in [0.25, 0.3) is 10.8 Å². The van der Waals surface area contributed by atoms with Gasteiger partial charge in [-0.25, -0.2) is 0 Å². The summed E-state index contributed by atoms with van der Waals surface area (Å²) in [6.07, 6.45) is 9.78. The molecule has 2 aliphatic heterocycles. The van der Waals surface area contributed by atoms with Crippen LogP contribution in [0.3, 0.4) is 0 Å². The number of carbonyl (C=O) groups excluding carboxylic acids is 1. The smallest absolute Gasteiger partial charge is 0.227 e. The highest BCUT2D eigenvalue weighted by molar-refractivity contribution is 5.84. The van der Waals surface area contributed by atoms with Gasteiger partial charge in [-0.3, -0.25) is 9.78 Å². The molecule has 2 fully saturated rings. The van der Waals surface area contributed by atoms with E-state index in [0.29, 0.717) is 24.4 Å². The number of nitrogens with zero attached hydrogens (tertiary/aromatic N) is 3. The molecule has 1 aromatic carbocycles. The summed E-state index contributed by atoms with van der Waals surface area (Å²) in [4.78, 5) is 19.6. The number of carbonyl (C=O) groups is 1. The van der Waals surface area contributed by atoms with Crippen LogP contribution in [0.4, 0.5) is 0 Å². The Morgan fingerprint density at radius 3 is 2.69 bits per heavy atom. The van der Waals surface area contributed by atoms with Gasteiger partial charge in [-0.1, -0.05) is 23.4 Å². The first-order valence-corrected chi connectivity index (χ1v) is 10.6. The summed E-state index contributed by atoms with van der Waals surface area (Å²) in [5, 5.41) is 6.52. The van der Waals surface area contributed by atoms with Crippen LogP contribution in [-0.4, -0.2) is 33.0 Å². The number of hydrogen-bond acceptors (Lipinski definition) is 4. The van der Waals surface area contributed by atoms with E-state index in [1.54, 1.807) is 0 Å². The molecular weight excluding hydrogens is 362 g/mol. The topological polar surface area (TPSA) is 59.2 Å². The maximum Gasteiger partial charge on any atom is 0.227 e. The summed E-state index contributed by atoms with van der Waals surface area (Å²) in [5.74, 6) is 1.63. The zero-order chi connectivity index (χ0) is 20.0. The van der Waals surface area contributed by atoms with Gasteiger partial charge in [0, 0.05) is 35.4 Å². The number of aromatic nitrogens is 2. The molecule has 4 heterocycles. The monoisotopic (exact) mass is 389 g/mol. The molecule has 5 rings (SSSR count). The molecule has 150 valence electrons. The number of aryl methyl sites for hydroxylation is 2. The van der Waals surface area contributed by atoms with Crippen molar-refractivity contribution in [3.8, 4) is 0 Å². The fourth-order valence-corrected chi connectivity index (χ4v) is 5.53. The number of fused-ring (bicyclic) bond motifs is 3. The average Bonchev–Trinajstić information content (AvgIpc) is 3.18. The van der Waals surface area contributed by atoms with Gasteiger partial charge in [0.1, 0.15) is 5.76 Å². The van der Waals surface area contributed by atoms with Crippen LogP contribution >= 0.6 is 0 Å². The number of rotatable bonds is 4. The minimum Gasteiger partial charge on any atom is -0.361 e. The highest BCUT2D eigenvalue weighted by Gasteiger charge is 2.43. The zero-order valence-corrected chi connectivity index (χ0v) is 17.1. The molecule has 0 N–H and O–H groups in total. The second kappa shape index (κ2) is 7.29. The first-order valence-electron chi connectivity index (χ1n) is 10.6. The molecule has 2 atom stereocenters. The lowest BCUT2D eigenvalue weighted by Gasteiger charge is -2.39. The second-order valence-corrected chi connectivity index (χ2v) is 8.72. The summed E-state index contributed by atoms with van der Waals surface area (Å²) < 4.78 is 5.25. The third-order valence-electron chi connectivity index (χ3n) is 6.91. The van der Waals surface area contributed by atoms with Crippen molar-refractivity contribution in [1.82, 2.24) is 15.0 Å². The van der Waals surface area contributed by atoms with Gasteiger partial charge >= 0.3 is 0 Å². The molecule has 5 heteroatoms. The fraction of sp³-hybridized carbons (Fsp3) is 0.458. The minimum atomic E-state index is 0.236. The van der Waals surface area contributed by atoms with Crippen LogP contribution in [-0.2, 0) is 17.6 Å². The van der Waals surface area contributed by atoms with E-state index in [9.17, 15) is 4.79 Å². The number of hydrogen-bond donors (Lipinski definition) is 0. The second-order valence-electron chi connectivity index (χ2n) is 8.72. The Morgan fingerprint density at radius 1 is 1.17 bits per heavy atom. The van der Waals surface area contributed by atoms with E-state index < -0.39 is 0 Å². The molecule has 2 aliphatic rings. The van der Waals surface area contributed by atoms with Gasteiger partial charge < -0.3 is 9.42 Å². The van der Waals surface area contributed by atoms with E-state index >= 15 is 0 Å². The van der Waals surface area contributed by atoms with Crippen LogP contribution in [0, 0.1) is 19.8 Å². The molecule has 1 amide bonds. The van der Waals surface area contributed by atoms with Crippen molar-refractivity contribution in [1.29, 1.82) is 0 Å². The summed E-state index contributed by atoms with van der Waals surface area (Å²) in [6.45, 7) is 3.81. The maximum atomic E-state index is 13.1. The lowest BCUT2D eigenvalue weighted by atomic mass is 9.84. The van der Waals surface area contributed by atoms with Gasteiger partial charge in [-0.2, -0.15) is 0 Å². The molecule has 5 nitrogen and oxygen atoms in total. The summed E-state index contributed by atoms with van der Waals surface area (Å²) in [6, 6.07) is 9.37. The summed E-state index contributed by atoms with van der Waals surface area (Å²) in [7, 11) is 0. The molecule has 3 aromatic rings. The predicted molar refractivity (Wildman–Crippen MR) is 112 cm³/mol. The standard InChI is InChI=1S/C24H27N3O2/c1-15-22(16(2)29-26-15)13-24(28)27-20-6-7-21(27)12-17(11-20)10-19-5-3-4-18-8-9-25-14-23(18)19/h3-5,8-9,14,17,20-21H,6-7,10-13H2,1-2H3. The Labute approximate surface area is 171 Å². The molecule has 29 heavy (non-hydrogen) atoms. The van der Waals surface area contributed by atoms with Crippen molar-refractivity contribution < 1.29 is 9.32 Å². The van der Waals surface area contributed by atoms with E-state index in [-0.39, 0.29) is 5.91 Å². The van der Waals surface area contributed by atoms with Crippen LogP contribution in [0.5, 0.6) is 0 Å². The lowest BCUT2D eigenvalue weighted by Crippen LogP contribution is -2.47. The number of amides is 1. The Bertz CT molecular complexity index is 1020. The van der Waals surface area contributed by atoms with Crippen LogP contribution in [0.15, 0.2) is 41.2 Å². The molecular formula is C24H27N3O2. The van der Waals surface area contributed by atoms with E-state index in [1.807, 2.05) is 26.2 Å². The molecule has 2 aromatic heterocycles. The van der Waals surface area contributed by atoms with E-state index in [2.05, 4.69) is 39.3 Å². The fourth-order valence-electron chi connectivity index (χ4n) is 5.53. The normalized spacial score (nSPS) is 23.7. The molecule has 0 aliphatic carbocycles. The quantitative estimate of drug-likeness (QED) is 0.664. The predicted octanol–water partition coefficient (Wildman–Crippen LogP) is 4.39. The van der Waals surface area contributed by atoms with Crippen LogP contribution in [0.2, 0.25) is 0 Å². The zero-order valence-electron chi connectivity index (χ0n) is 17.1. The Balaban J connectivity index is 1.30. The van der Waals surface area contributed by atoms with E-state index in [1.165, 1.54) is 16.3 Å². The first kappa shape index (κ1) is 18.3. The third kappa shape index (κ3) is 3.33. The third-order valence-corrected chi connectivity index (χ3v) is 6.91. The van der Waals surface area contributed by atoms with Crippen molar-refractivity contribution in [2.75, 3.05) is 0 Å². The van der Waals surface area contributed by atoms with E-state index in [4.69, 9.17) is 4.52 Å². The number of pyridine rings is 1. The molecule has 0 radical (unpaired) electrons. The average molecular weight is 389 g/mol. The van der Waals surface area contributed by atoms with Crippen LogP contribution < -0.4 is 0 Å². The minimum absolute atomic E-state index is 0.236.